The molecule has 0 bridgehead atoms. The van der Waals surface area contributed by atoms with Crippen molar-refractivity contribution in [3.8, 4) is 0 Å². The van der Waals surface area contributed by atoms with Gasteiger partial charge in [0.15, 0.2) is 0 Å². The first-order valence-electron chi connectivity index (χ1n) is 4.67. The predicted octanol–water partition coefficient (Wildman–Crippen LogP) is -0.220. The van der Waals surface area contributed by atoms with Crippen LogP contribution in [0.5, 0.6) is 0 Å². The Labute approximate surface area is 136 Å². The van der Waals surface area contributed by atoms with Crippen LogP contribution in [0.3, 0.4) is 0 Å². The van der Waals surface area contributed by atoms with E-state index >= 15 is 0 Å². The maximum absolute atomic E-state index is 11.5. The fourth-order valence-electron chi connectivity index (χ4n) is 0.875. The third-order valence-electron chi connectivity index (χ3n) is 1.49. The van der Waals surface area contributed by atoms with Crippen LogP contribution in [0, 0.1) is 0 Å². The Kier molecular flexibility index (Phi) is 22.3. The second-order valence-electron chi connectivity index (χ2n) is 2.90. The van der Waals surface area contributed by atoms with Crippen molar-refractivity contribution >= 4 is 10.4 Å². The van der Waals surface area contributed by atoms with Crippen molar-refractivity contribution in [2.45, 2.75) is 45.4 Å². The molecule has 0 aliphatic heterocycles. The smallest absolute Gasteiger partial charge is 1.00 e. The molecule has 0 amide bonds. The maximum atomic E-state index is 11.5. The number of halogens is 1. The van der Waals surface area contributed by atoms with Crippen molar-refractivity contribution in [1.82, 2.24) is 0 Å². The van der Waals surface area contributed by atoms with Gasteiger partial charge in [0.05, 0.1) is 6.67 Å². The zero-order chi connectivity index (χ0) is 11.4. The quantitative estimate of drug-likeness (QED) is 0.397. The number of hydrogen-bond acceptors (Lipinski definition) is 2. The van der Waals surface area contributed by atoms with E-state index in [-0.39, 0.29) is 59.5 Å². The van der Waals surface area contributed by atoms with E-state index in [4.69, 9.17) is 17.5 Å². The third-order valence-corrected chi connectivity index (χ3v) is 1.49. The molecule has 0 unspecified atom stereocenters. The molecule has 0 heterocycles. The number of hydrogen-bond donors (Lipinski definition) is 2. The van der Waals surface area contributed by atoms with Gasteiger partial charge in [0.25, 0.3) is 0 Å². The standard InChI is InChI=1S/C8H17F.K.H2O4S.H/c1-2-3-4-5-6-7-8-9;;1-5(2,3)4;/h2-8H2,1H3;;(H2,1,2,3,4);/q;+1;;-1. The largest absolute Gasteiger partial charge is 1.00 e. The Bertz CT molecular complexity index is 188. The van der Waals surface area contributed by atoms with Crippen molar-refractivity contribution in [2.24, 2.45) is 0 Å². The van der Waals surface area contributed by atoms with Crippen molar-refractivity contribution in [1.29, 1.82) is 0 Å². The van der Waals surface area contributed by atoms with E-state index in [1.165, 1.54) is 25.7 Å². The summed E-state index contributed by atoms with van der Waals surface area (Å²) in [5, 5.41) is 0. The first-order chi connectivity index (χ1) is 6.41. The van der Waals surface area contributed by atoms with E-state index in [2.05, 4.69) is 6.92 Å². The predicted molar refractivity (Wildman–Crippen MR) is 54.6 cm³/mol. The molecule has 0 atom stereocenters. The van der Waals surface area contributed by atoms with Gasteiger partial charge < -0.3 is 1.43 Å². The molecule has 0 aliphatic rings. The Balaban J connectivity index is -0.0000000904. The van der Waals surface area contributed by atoms with E-state index in [1.54, 1.807) is 0 Å². The second-order valence-corrected chi connectivity index (χ2v) is 3.80. The van der Waals surface area contributed by atoms with Gasteiger partial charge >= 0.3 is 61.8 Å². The second kappa shape index (κ2) is 15.4. The Hall–Kier alpha value is 1.44. The van der Waals surface area contributed by atoms with Crippen LogP contribution >= 0.6 is 0 Å². The molecule has 90 valence electrons. The van der Waals surface area contributed by atoms with E-state index in [0.29, 0.717) is 0 Å². The third kappa shape index (κ3) is 50.4. The fourth-order valence-corrected chi connectivity index (χ4v) is 0.875. The van der Waals surface area contributed by atoms with Gasteiger partial charge in [0, 0.05) is 0 Å². The summed E-state index contributed by atoms with van der Waals surface area (Å²) in [7, 11) is -4.67. The van der Waals surface area contributed by atoms with E-state index < -0.39 is 10.4 Å². The van der Waals surface area contributed by atoms with Crippen molar-refractivity contribution < 1.29 is 74.7 Å². The molecule has 7 heteroatoms. The minimum atomic E-state index is -4.67. The first-order valence-corrected chi connectivity index (χ1v) is 6.07. The molecular formula is C8H20FKO4S. The molecule has 0 fully saturated rings. The normalized spacial score (nSPS) is 9.87. The molecule has 0 rings (SSSR count). The summed E-state index contributed by atoms with van der Waals surface area (Å²) in [6.45, 7) is 2.06. The van der Waals surface area contributed by atoms with Crippen molar-refractivity contribution in [3.05, 3.63) is 0 Å². The summed E-state index contributed by atoms with van der Waals surface area (Å²) in [6, 6.07) is 0. The van der Waals surface area contributed by atoms with E-state index in [9.17, 15) is 4.39 Å². The van der Waals surface area contributed by atoms with Gasteiger partial charge in [-0.1, -0.05) is 39.0 Å². The Morgan fingerprint density at radius 2 is 1.40 bits per heavy atom. The van der Waals surface area contributed by atoms with Crippen molar-refractivity contribution in [3.63, 3.8) is 0 Å². The fraction of sp³-hybridized carbons (Fsp3) is 1.00. The van der Waals surface area contributed by atoms with Crippen LogP contribution in [0.1, 0.15) is 46.9 Å². The summed E-state index contributed by atoms with van der Waals surface area (Å²) < 4.78 is 43.1. The van der Waals surface area contributed by atoms with Gasteiger partial charge in [0.2, 0.25) is 0 Å². The first kappa shape index (κ1) is 21.7. The average Bonchev–Trinajstić information content (AvgIpc) is 2.01. The van der Waals surface area contributed by atoms with Gasteiger partial charge in [-0.05, 0) is 6.42 Å². The summed E-state index contributed by atoms with van der Waals surface area (Å²) >= 11 is 0. The molecule has 0 aromatic rings. The summed E-state index contributed by atoms with van der Waals surface area (Å²) in [4.78, 5) is 0. The number of alkyl halides is 1. The molecule has 4 nitrogen and oxygen atoms in total. The molecule has 2 N–H and O–H groups in total. The van der Waals surface area contributed by atoms with Gasteiger partial charge in [-0.2, -0.15) is 8.42 Å². The van der Waals surface area contributed by atoms with Gasteiger partial charge in [-0.15, -0.1) is 0 Å². The van der Waals surface area contributed by atoms with E-state index in [0.717, 1.165) is 12.8 Å². The van der Waals surface area contributed by atoms with Crippen LogP contribution in [0.2, 0.25) is 0 Å². The molecule has 0 saturated carbocycles. The van der Waals surface area contributed by atoms with Gasteiger partial charge in [-0.3, -0.25) is 13.5 Å². The minimum Gasteiger partial charge on any atom is -1.00 e. The molecule has 0 spiro atoms. The zero-order valence-corrected chi connectivity index (χ0v) is 13.4. The molecule has 0 radical (unpaired) electrons. The molecule has 0 aliphatic carbocycles. The number of rotatable bonds is 6. The SMILES string of the molecule is CCCCCCCCF.O=S(=O)(O)O.[H-].[K+]. The van der Waals surface area contributed by atoms with Gasteiger partial charge in [0.1, 0.15) is 0 Å². The van der Waals surface area contributed by atoms with Crippen LogP contribution in [0.15, 0.2) is 0 Å². The Morgan fingerprint density at radius 3 is 1.73 bits per heavy atom. The summed E-state index contributed by atoms with van der Waals surface area (Å²) in [6.07, 6.45) is 6.94. The molecule has 0 aromatic carbocycles. The van der Waals surface area contributed by atoms with Crippen LogP contribution in [0.4, 0.5) is 4.39 Å². The minimum absolute atomic E-state index is 0. The number of unbranched alkanes of at least 4 members (excludes halogenated alkanes) is 5. The van der Waals surface area contributed by atoms with Crippen LogP contribution in [-0.2, 0) is 10.4 Å². The zero-order valence-electron chi connectivity index (χ0n) is 10.4. The molecule has 0 aromatic heterocycles. The molecule has 15 heavy (non-hydrogen) atoms. The summed E-state index contributed by atoms with van der Waals surface area (Å²) in [5.74, 6) is 0. The monoisotopic (exact) mass is 270 g/mol. The molecule has 0 saturated heterocycles. The van der Waals surface area contributed by atoms with E-state index in [1.807, 2.05) is 0 Å². The average molecular weight is 270 g/mol. The molecular weight excluding hydrogens is 250 g/mol. The summed E-state index contributed by atoms with van der Waals surface area (Å²) in [5.41, 5.74) is 0. The van der Waals surface area contributed by atoms with Crippen LogP contribution in [-0.4, -0.2) is 24.2 Å². The van der Waals surface area contributed by atoms with Gasteiger partial charge in [-0.25, -0.2) is 0 Å². The Morgan fingerprint density at radius 1 is 1.07 bits per heavy atom. The van der Waals surface area contributed by atoms with Crippen molar-refractivity contribution in [2.75, 3.05) is 6.67 Å². The van der Waals surface area contributed by atoms with Crippen LogP contribution in [0.25, 0.3) is 0 Å². The topological polar surface area (TPSA) is 74.6 Å². The van der Waals surface area contributed by atoms with Crippen LogP contribution < -0.4 is 51.4 Å². The maximum Gasteiger partial charge on any atom is 1.00 e.